The van der Waals surface area contributed by atoms with Gasteiger partial charge in [-0.25, -0.2) is 4.39 Å². The summed E-state index contributed by atoms with van der Waals surface area (Å²) < 4.78 is 50.9. The second-order valence-corrected chi connectivity index (χ2v) is 8.74. The number of ether oxygens (including phenoxy) is 1. The van der Waals surface area contributed by atoms with Crippen LogP contribution < -0.4 is 5.32 Å². The lowest BCUT2D eigenvalue weighted by atomic mass is 9.92. The molecular weight excluding hydrogens is 425 g/mol. The molecule has 11 heteroatoms. The van der Waals surface area contributed by atoms with E-state index in [2.05, 4.69) is 25.6 Å². The minimum Gasteiger partial charge on any atom is -0.371 e. The number of H-pyrrole nitrogens is 1. The molecule has 4 rings (SSSR count). The number of nitrogens with one attached hydrogen (secondary N) is 2. The molecule has 1 saturated carbocycles. The fraction of sp³-hybridized carbons (Fsp3) is 0.524. The number of hydrogen-bond acceptors (Lipinski definition) is 5. The van der Waals surface area contributed by atoms with E-state index in [-0.39, 0.29) is 30.8 Å². The number of aromatic nitrogens is 5. The smallest absolute Gasteiger partial charge is 0.352 e. The summed E-state index contributed by atoms with van der Waals surface area (Å²) >= 11 is 0. The zero-order chi connectivity index (χ0) is 23.1. The zero-order valence-corrected chi connectivity index (χ0v) is 18.1. The number of anilines is 1. The molecule has 172 valence electrons. The average Bonchev–Trinajstić information content (AvgIpc) is 3.47. The van der Waals surface area contributed by atoms with Crippen LogP contribution in [0.4, 0.5) is 18.9 Å². The van der Waals surface area contributed by atoms with Crippen molar-refractivity contribution in [1.29, 1.82) is 0 Å². The maximum Gasteiger partial charge on any atom is 0.352 e. The molecule has 3 aromatic heterocycles. The zero-order valence-electron chi connectivity index (χ0n) is 18.1. The van der Waals surface area contributed by atoms with Gasteiger partial charge < -0.3 is 10.1 Å². The number of methoxy groups -OCH3 is 1. The molecule has 0 saturated heterocycles. The summed E-state index contributed by atoms with van der Waals surface area (Å²) in [7, 11) is 1.21. The van der Waals surface area contributed by atoms with Gasteiger partial charge in [-0.2, -0.15) is 19.0 Å². The highest BCUT2D eigenvalue weighted by atomic mass is 19.3. The number of hydrogen-bond donors (Lipinski definition) is 2. The Morgan fingerprint density at radius 1 is 1.25 bits per heavy atom. The molecule has 0 aromatic carbocycles. The summed E-state index contributed by atoms with van der Waals surface area (Å²) in [5.41, 5.74) is -2.04. The Hall–Kier alpha value is -2.95. The van der Waals surface area contributed by atoms with Gasteiger partial charge in [0.15, 0.2) is 0 Å². The van der Waals surface area contributed by atoms with Crippen molar-refractivity contribution in [2.24, 2.45) is 0 Å². The van der Waals surface area contributed by atoms with Crippen LogP contribution in [0.3, 0.4) is 0 Å². The molecule has 0 aliphatic heterocycles. The largest absolute Gasteiger partial charge is 0.371 e. The summed E-state index contributed by atoms with van der Waals surface area (Å²) in [6.45, 7) is 2.92. The number of rotatable bonds is 7. The van der Waals surface area contributed by atoms with E-state index in [1.54, 1.807) is 18.5 Å². The third-order valence-corrected chi connectivity index (χ3v) is 5.86. The third-order valence-electron chi connectivity index (χ3n) is 5.86. The minimum atomic E-state index is -3.73. The van der Waals surface area contributed by atoms with E-state index in [4.69, 9.17) is 4.74 Å². The van der Waals surface area contributed by atoms with E-state index < -0.39 is 23.1 Å². The van der Waals surface area contributed by atoms with Crippen LogP contribution in [-0.4, -0.2) is 55.2 Å². The van der Waals surface area contributed by atoms with Crippen molar-refractivity contribution in [3.05, 3.63) is 24.7 Å². The second-order valence-electron chi connectivity index (χ2n) is 8.74. The summed E-state index contributed by atoms with van der Waals surface area (Å²) in [4.78, 5) is 16.9. The van der Waals surface area contributed by atoms with Gasteiger partial charge in [0.25, 0.3) is 5.91 Å². The molecule has 0 radical (unpaired) electrons. The highest BCUT2D eigenvalue weighted by Crippen LogP contribution is 2.45. The van der Waals surface area contributed by atoms with Crippen LogP contribution in [0.2, 0.25) is 0 Å². The maximum absolute atomic E-state index is 15.1. The highest BCUT2D eigenvalue weighted by molar-refractivity contribution is 5.99. The molecule has 1 fully saturated rings. The molecule has 3 heterocycles. The van der Waals surface area contributed by atoms with Gasteiger partial charge in [-0.3, -0.25) is 19.6 Å². The lowest BCUT2D eigenvalue weighted by molar-refractivity contribution is -0.195. The first-order valence-corrected chi connectivity index (χ1v) is 10.3. The lowest BCUT2D eigenvalue weighted by Crippen LogP contribution is -2.55. The standard InChI is InChI=1S/C21H25F3N6O2/c1-19(2,22)12-30-16-8-14(25-9-13(16)10-27-30)17-15(11-26-29-17)28-18(31)21(23,24)20(32-3)6-4-5-7-20/h8-11H,4-7,12H2,1-3H3,(H,26,29)(H,28,31). The first-order chi connectivity index (χ1) is 15.1. The van der Waals surface area contributed by atoms with E-state index >= 15 is 8.78 Å². The summed E-state index contributed by atoms with van der Waals surface area (Å²) in [6, 6.07) is 1.64. The monoisotopic (exact) mass is 450 g/mol. The number of amides is 1. The van der Waals surface area contributed by atoms with Crippen molar-refractivity contribution >= 4 is 22.5 Å². The van der Waals surface area contributed by atoms with Crippen LogP contribution in [0.1, 0.15) is 39.5 Å². The average molecular weight is 450 g/mol. The fourth-order valence-electron chi connectivity index (χ4n) is 4.17. The van der Waals surface area contributed by atoms with Crippen LogP contribution in [0.5, 0.6) is 0 Å². The molecule has 0 atom stereocenters. The molecule has 1 aliphatic rings. The summed E-state index contributed by atoms with van der Waals surface area (Å²) in [5.74, 6) is -5.19. The molecule has 1 amide bonds. The number of fused-ring (bicyclic) bond motifs is 1. The van der Waals surface area contributed by atoms with Gasteiger partial charge in [-0.05, 0) is 32.8 Å². The summed E-state index contributed by atoms with van der Waals surface area (Å²) in [6.07, 6.45) is 5.70. The summed E-state index contributed by atoms with van der Waals surface area (Å²) in [5, 5.41) is 13.7. The number of carbonyl (C=O) groups is 1. The molecule has 32 heavy (non-hydrogen) atoms. The van der Waals surface area contributed by atoms with Gasteiger partial charge in [0.1, 0.15) is 17.0 Å². The van der Waals surface area contributed by atoms with Crippen molar-refractivity contribution in [2.75, 3.05) is 12.4 Å². The highest BCUT2D eigenvalue weighted by Gasteiger charge is 2.60. The number of pyridine rings is 1. The Kier molecular flexibility index (Phi) is 5.48. The Bertz CT molecular complexity index is 1130. The molecule has 0 unspecified atom stereocenters. The molecule has 0 bridgehead atoms. The molecule has 1 aliphatic carbocycles. The quantitative estimate of drug-likeness (QED) is 0.565. The fourth-order valence-corrected chi connectivity index (χ4v) is 4.17. The van der Waals surface area contributed by atoms with Crippen molar-refractivity contribution < 1.29 is 22.7 Å². The van der Waals surface area contributed by atoms with Gasteiger partial charge in [0.05, 0.1) is 35.8 Å². The number of nitrogens with zero attached hydrogens (tertiary/aromatic N) is 4. The first-order valence-electron chi connectivity index (χ1n) is 10.3. The van der Waals surface area contributed by atoms with Crippen LogP contribution in [-0.2, 0) is 16.1 Å². The predicted molar refractivity (Wildman–Crippen MR) is 112 cm³/mol. The van der Waals surface area contributed by atoms with E-state index in [1.165, 1.54) is 31.8 Å². The van der Waals surface area contributed by atoms with Gasteiger partial charge in [0.2, 0.25) is 0 Å². The molecular formula is C21H25F3N6O2. The van der Waals surface area contributed by atoms with Crippen molar-refractivity contribution in [1.82, 2.24) is 25.0 Å². The Balaban J connectivity index is 1.63. The minimum absolute atomic E-state index is 0.0256. The van der Waals surface area contributed by atoms with E-state index in [0.717, 1.165) is 0 Å². The lowest BCUT2D eigenvalue weighted by Gasteiger charge is -2.34. The van der Waals surface area contributed by atoms with Crippen LogP contribution in [0.25, 0.3) is 22.3 Å². The van der Waals surface area contributed by atoms with E-state index in [1.807, 2.05) is 0 Å². The topological polar surface area (TPSA) is 97.7 Å². The van der Waals surface area contributed by atoms with Crippen LogP contribution >= 0.6 is 0 Å². The number of halogens is 3. The van der Waals surface area contributed by atoms with Crippen LogP contribution in [0, 0.1) is 0 Å². The third kappa shape index (κ3) is 3.85. The number of carbonyl (C=O) groups excluding carboxylic acids is 1. The second kappa shape index (κ2) is 7.88. The Labute approximate surface area is 182 Å². The van der Waals surface area contributed by atoms with Crippen molar-refractivity contribution in [3.63, 3.8) is 0 Å². The Morgan fingerprint density at radius 2 is 1.97 bits per heavy atom. The SMILES string of the molecule is COC1(C(F)(F)C(=O)Nc2cn[nH]c2-c2cc3c(cn2)cnn3CC(C)(C)F)CCCC1. The molecule has 2 N–H and O–H groups in total. The first kappa shape index (κ1) is 22.3. The van der Waals surface area contributed by atoms with Gasteiger partial charge in [-0.1, -0.05) is 12.8 Å². The van der Waals surface area contributed by atoms with E-state index in [9.17, 15) is 9.18 Å². The van der Waals surface area contributed by atoms with Gasteiger partial charge in [-0.15, -0.1) is 0 Å². The number of aromatic amines is 1. The molecule has 3 aromatic rings. The van der Waals surface area contributed by atoms with Crippen LogP contribution in [0.15, 0.2) is 24.7 Å². The van der Waals surface area contributed by atoms with Gasteiger partial charge in [0, 0.05) is 18.7 Å². The number of alkyl halides is 3. The Morgan fingerprint density at radius 3 is 2.62 bits per heavy atom. The maximum atomic E-state index is 15.1. The molecule has 8 nitrogen and oxygen atoms in total. The normalized spacial score (nSPS) is 16.6. The molecule has 0 spiro atoms. The predicted octanol–water partition coefficient (Wildman–Crippen LogP) is 4.10. The van der Waals surface area contributed by atoms with Crippen molar-refractivity contribution in [3.8, 4) is 11.4 Å². The van der Waals surface area contributed by atoms with Gasteiger partial charge >= 0.3 is 5.92 Å². The van der Waals surface area contributed by atoms with E-state index in [0.29, 0.717) is 29.4 Å². The van der Waals surface area contributed by atoms with Crippen molar-refractivity contribution in [2.45, 2.75) is 63.3 Å².